The molecule has 0 heterocycles. The van der Waals surface area contributed by atoms with Crippen LogP contribution in [0.5, 0.6) is 17.2 Å². The van der Waals surface area contributed by atoms with Crippen molar-refractivity contribution in [2.75, 3.05) is 26.4 Å². The number of ketones is 1. The van der Waals surface area contributed by atoms with E-state index < -0.39 is 12.0 Å². The van der Waals surface area contributed by atoms with Crippen molar-refractivity contribution in [1.29, 1.82) is 0 Å². The zero-order valence-electron chi connectivity index (χ0n) is 25.9. The van der Waals surface area contributed by atoms with Crippen LogP contribution in [0.1, 0.15) is 107 Å². The van der Waals surface area contributed by atoms with Crippen molar-refractivity contribution >= 4 is 17.7 Å². The summed E-state index contributed by atoms with van der Waals surface area (Å²) in [5.41, 5.74) is 6.00. The van der Waals surface area contributed by atoms with Gasteiger partial charge in [-0.1, -0.05) is 12.8 Å². The average molecular weight is 609 g/mol. The van der Waals surface area contributed by atoms with Crippen molar-refractivity contribution in [3.8, 4) is 54.3 Å². The van der Waals surface area contributed by atoms with E-state index in [1.807, 2.05) is 0 Å². The van der Waals surface area contributed by atoms with Gasteiger partial charge in [-0.05, 0) is 63.5 Å². The molecule has 1 atom stereocenters. The van der Waals surface area contributed by atoms with Gasteiger partial charge in [0.25, 0.3) is 5.91 Å². The highest BCUT2D eigenvalue weighted by molar-refractivity contribution is 5.95. The van der Waals surface area contributed by atoms with Gasteiger partial charge in [-0.15, -0.1) is 37.0 Å². The summed E-state index contributed by atoms with van der Waals surface area (Å²) in [5.74, 6) is 7.59. The zero-order chi connectivity index (χ0) is 32.4. The normalized spacial score (nSPS) is 11.0. The monoisotopic (exact) mass is 608 g/mol. The van der Waals surface area contributed by atoms with Gasteiger partial charge in [0.2, 0.25) is 5.75 Å². The molecule has 0 aliphatic rings. The number of hydrogen-bond donors (Lipinski definition) is 3. The third kappa shape index (κ3) is 17.1. The molecule has 0 aliphatic carbocycles. The van der Waals surface area contributed by atoms with Gasteiger partial charge in [0.1, 0.15) is 5.78 Å². The third-order valence-electron chi connectivity index (χ3n) is 6.63. The number of carboxylic acid groups (broad SMARTS) is 1. The van der Waals surface area contributed by atoms with Crippen molar-refractivity contribution in [2.45, 2.75) is 102 Å². The Morgan fingerprint density at radius 2 is 1.25 bits per heavy atom. The SMILES string of the molecule is C#CCCCCOc1cc(C(=O)NCCCCCCC(=O)[C@@H](N)CC(=O)O)cc(OCCCCC#C)c1OCCCCC#C. The first-order valence-corrected chi connectivity index (χ1v) is 15.5. The molecule has 240 valence electrons. The molecule has 0 saturated carbocycles. The fourth-order valence-electron chi connectivity index (χ4n) is 4.16. The number of nitrogens with one attached hydrogen (secondary N) is 1. The van der Waals surface area contributed by atoms with Crippen LogP contribution in [-0.4, -0.2) is 55.2 Å². The summed E-state index contributed by atoms with van der Waals surface area (Å²) >= 11 is 0. The number of terminal acetylenes is 3. The number of ether oxygens (including phenoxy) is 3. The minimum atomic E-state index is -1.09. The summed E-state index contributed by atoms with van der Waals surface area (Å²) in [7, 11) is 0. The predicted octanol–water partition coefficient (Wildman–Crippen LogP) is 5.28. The van der Waals surface area contributed by atoms with E-state index >= 15 is 0 Å². The molecule has 1 amide bonds. The van der Waals surface area contributed by atoms with Gasteiger partial charge >= 0.3 is 5.97 Å². The molecule has 0 radical (unpaired) electrons. The molecule has 0 unspecified atom stereocenters. The smallest absolute Gasteiger partial charge is 0.305 e. The van der Waals surface area contributed by atoms with Gasteiger partial charge in [-0.3, -0.25) is 14.4 Å². The summed E-state index contributed by atoms with van der Waals surface area (Å²) < 4.78 is 18.3. The molecule has 0 aliphatic heterocycles. The van der Waals surface area contributed by atoms with E-state index in [2.05, 4.69) is 23.1 Å². The number of unbranched alkanes of at least 4 members (excludes halogenated alkanes) is 9. The van der Waals surface area contributed by atoms with Crippen molar-refractivity contribution in [3.05, 3.63) is 17.7 Å². The molecule has 1 aromatic carbocycles. The Labute approximate surface area is 263 Å². The number of hydrogen-bond acceptors (Lipinski definition) is 7. The van der Waals surface area contributed by atoms with E-state index in [1.54, 1.807) is 12.1 Å². The van der Waals surface area contributed by atoms with Crippen LogP contribution in [0.2, 0.25) is 0 Å². The van der Waals surface area contributed by atoms with E-state index in [4.69, 9.17) is 44.3 Å². The Kier molecular flexibility index (Phi) is 21.0. The van der Waals surface area contributed by atoms with Crippen molar-refractivity contribution in [1.82, 2.24) is 5.32 Å². The number of rotatable bonds is 26. The molecule has 0 bridgehead atoms. The lowest BCUT2D eigenvalue weighted by Gasteiger charge is -2.19. The first-order valence-electron chi connectivity index (χ1n) is 15.5. The largest absolute Gasteiger partial charge is 0.490 e. The number of carbonyl (C=O) groups is 3. The molecule has 4 N–H and O–H groups in total. The minimum absolute atomic E-state index is 0.246. The number of carboxylic acids is 1. The quantitative estimate of drug-likeness (QED) is 0.0954. The summed E-state index contributed by atoms with van der Waals surface area (Å²) in [4.78, 5) is 35.8. The van der Waals surface area contributed by atoms with Gasteiger partial charge in [0.15, 0.2) is 11.5 Å². The second-order valence-electron chi connectivity index (χ2n) is 10.4. The van der Waals surface area contributed by atoms with Crippen LogP contribution in [0.25, 0.3) is 0 Å². The minimum Gasteiger partial charge on any atom is -0.490 e. The van der Waals surface area contributed by atoms with Crippen molar-refractivity contribution in [2.24, 2.45) is 5.73 Å². The van der Waals surface area contributed by atoms with Crippen LogP contribution < -0.4 is 25.3 Å². The molecule has 0 saturated heterocycles. The van der Waals surface area contributed by atoms with E-state index in [-0.39, 0.29) is 24.5 Å². The van der Waals surface area contributed by atoms with E-state index in [9.17, 15) is 14.4 Å². The van der Waals surface area contributed by atoms with Gasteiger partial charge in [-0.2, -0.15) is 0 Å². The van der Waals surface area contributed by atoms with E-state index in [0.717, 1.165) is 57.8 Å². The Bertz CT molecular complexity index is 1100. The lowest BCUT2D eigenvalue weighted by Crippen LogP contribution is -2.32. The second-order valence-corrected chi connectivity index (χ2v) is 10.4. The fourth-order valence-corrected chi connectivity index (χ4v) is 4.16. The standard InChI is InChI=1S/C35H48N2O7/c1-4-7-10-17-22-42-31-25-28(35(41)37-21-16-14-13-15-20-30(38)29(36)27-33(39)40)26-32(43-23-18-11-8-5-2)34(31)44-24-19-12-9-6-3/h1-3,25-26,29H,7-24,27,36H2,(H,37,41)(H,39,40)/t29-/m0/s1. The molecular weight excluding hydrogens is 560 g/mol. The van der Waals surface area contributed by atoms with Gasteiger partial charge in [-0.25, -0.2) is 0 Å². The molecule has 0 aromatic heterocycles. The maximum atomic E-state index is 13.1. The van der Waals surface area contributed by atoms with Crippen LogP contribution in [0.4, 0.5) is 0 Å². The molecule has 0 spiro atoms. The summed E-state index contributed by atoms with van der Waals surface area (Å²) in [6.07, 6.45) is 25.6. The van der Waals surface area contributed by atoms with Crippen LogP contribution in [-0.2, 0) is 9.59 Å². The van der Waals surface area contributed by atoms with Gasteiger partial charge in [0, 0.05) is 37.8 Å². The Morgan fingerprint density at radius 1 is 0.750 bits per heavy atom. The number of nitrogens with two attached hydrogens (primary N) is 1. The molecular formula is C35H48N2O7. The highest BCUT2D eigenvalue weighted by Crippen LogP contribution is 2.39. The number of Topliss-reactive ketones (excluding diaryl/α,β-unsaturated/α-hetero) is 1. The zero-order valence-corrected chi connectivity index (χ0v) is 25.9. The lowest BCUT2D eigenvalue weighted by atomic mass is 10.0. The topological polar surface area (TPSA) is 137 Å². The van der Waals surface area contributed by atoms with Crippen LogP contribution >= 0.6 is 0 Å². The van der Waals surface area contributed by atoms with Crippen molar-refractivity contribution in [3.63, 3.8) is 0 Å². The van der Waals surface area contributed by atoms with Gasteiger partial charge in [0.05, 0.1) is 32.3 Å². The van der Waals surface area contributed by atoms with Crippen LogP contribution in [0.15, 0.2) is 12.1 Å². The van der Waals surface area contributed by atoms with Gasteiger partial charge < -0.3 is 30.4 Å². The van der Waals surface area contributed by atoms with E-state index in [0.29, 0.717) is 74.9 Å². The van der Waals surface area contributed by atoms with Crippen LogP contribution in [0, 0.1) is 37.0 Å². The first kappa shape index (κ1) is 37.9. The number of carbonyl (C=O) groups excluding carboxylic acids is 2. The summed E-state index contributed by atoms with van der Waals surface area (Å²) in [5, 5.41) is 11.7. The lowest BCUT2D eigenvalue weighted by molar-refractivity contribution is -0.139. The van der Waals surface area contributed by atoms with Crippen LogP contribution in [0.3, 0.4) is 0 Å². The molecule has 9 nitrogen and oxygen atoms in total. The van der Waals surface area contributed by atoms with E-state index in [1.165, 1.54) is 0 Å². The maximum Gasteiger partial charge on any atom is 0.305 e. The highest BCUT2D eigenvalue weighted by atomic mass is 16.5. The maximum absolute atomic E-state index is 13.1. The Balaban J connectivity index is 2.86. The molecule has 44 heavy (non-hydrogen) atoms. The third-order valence-corrected chi connectivity index (χ3v) is 6.63. The summed E-state index contributed by atoms with van der Waals surface area (Å²) in [6.45, 7) is 1.69. The highest BCUT2D eigenvalue weighted by Gasteiger charge is 2.19. The van der Waals surface area contributed by atoms with Crippen molar-refractivity contribution < 1.29 is 33.7 Å². The first-order chi connectivity index (χ1) is 21.3. The molecule has 1 rings (SSSR count). The number of aliphatic carboxylic acids is 1. The molecule has 1 aromatic rings. The number of amides is 1. The Hall–Kier alpha value is -4.13. The Morgan fingerprint density at radius 3 is 1.75 bits per heavy atom. The second kappa shape index (κ2) is 24.3. The molecule has 0 fully saturated rings. The fraction of sp³-hybridized carbons (Fsp3) is 0.571. The summed E-state index contributed by atoms with van der Waals surface area (Å²) in [6, 6.07) is 2.38. The molecule has 9 heteroatoms. The average Bonchev–Trinajstić information content (AvgIpc) is 3.00. The number of benzene rings is 1. The predicted molar refractivity (Wildman–Crippen MR) is 172 cm³/mol.